The molecule has 5 nitrogen and oxygen atoms in total. The van der Waals surface area contributed by atoms with E-state index in [9.17, 15) is 9.90 Å². The second-order valence-corrected chi connectivity index (χ2v) is 8.14. The molecule has 0 bridgehead atoms. The molecular formula is C24H28N2O3S. The summed E-state index contributed by atoms with van der Waals surface area (Å²) in [5, 5.41) is 11.6. The highest BCUT2D eigenvalue weighted by molar-refractivity contribution is 7.12. The van der Waals surface area contributed by atoms with Gasteiger partial charge in [-0.2, -0.15) is 0 Å². The number of hydrogen-bond acceptors (Lipinski definition) is 4. The molecule has 0 radical (unpaired) electrons. The molecule has 2 heterocycles. The van der Waals surface area contributed by atoms with Crippen molar-refractivity contribution in [2.45, 2.75) is 46.6 Å². The average molecular weight is 425 g/mol. The maximum Gasteiger partial charge on any atom is 0.336 e. The van der Waals surface area contributed by atoms with Gasteiger partial charge in [-0.05, 0) is 48.9 Å². The normalized spacial score (nSPS) is 11.7. The molecule has 0 saturated carbocycles. The monoisotopic (exact) mass is 424 g/mol. The van der Waals surface area contributed by atoms with Crippen LogP contribution in [0.15, 0.2) is 41.9 Å². The Morgan fingerprint density at radius 3 is 2.77 bits per heavy atom. The lowest BCUT2D eigenvalue weighted by molar-refractivity contribution is -0.130. The number of hydrogen-bond donors (Lipinski definition) is 1. The van der Waals surface area contributed by atoms with Gasteiger partial charge in [0, 0.05) is 18.5 Å². The molecule has 0 aliphatic rings. The molecule has 0 atom stereocenters. The first-order valence-corrected chi connectivity index (χ1v) is 11.0. The third-order valence-corrected chi connectivity index (χ3v) is 6.14. The Bertz CT molecular complexity index is 1060. The molecule has 3 rings (SSSR count). The van der Waals surface area contributed by atoms with Crippen molar-refractivity contribution in [2.75, 3.05) is 7.11 Å². The predicted octanol–water partition coefficient (Wildman–Crippen LogP) is 5.81. The quantitative estimate of drug-likeness (QED) is 0.440. The second kappa shape index (κ2) is 9.76. The summed E-state index contributed by atoms with van der Waals surface area (Å²) in [5.41, 5.74) is 4.43. The fourth-order valence-electron chi connectivity index (χ4n) is 3.63. The number of carboxylic acid groups (broad SMARTS) is 1. The Morgan fingerprint density at radius 2 is 2.13 bits per heavy atom. The van der Waals surface area contributed by atoms with Crippen LogP contribution in [0.3, 0.4) is 0 Å². The van der Waals surface area contributed by atoms with Gasteiger partial charge in [0.25, 0.3) is 0 Å². The number of carbonyl (C=O) groups is 1. The Hall–Kier alpha value is -2.86. The predicted molar refractivity (Wildman–Crippen MR) is 122 cm³/mol. The van der Waals surface area contributed by atoms with E-state index in [4.69, 9.17) is 9.72 Å². The highest BCUT2D eigenvalue weighted by atomic mass is 32.1. The number of aryl methyl sites for hydroxylation is 2. The van der Waals surface area contributed by atoms with Gasteiger partial charge in [0.1, 0.15) is 11.6 Å². The Morgan fingerprint density at radius 1 is 1.33 bits per heavy atom. The summed E-state index contributed by atoms with van der Waals surface area (Å²) in [7, 11) is 1.68. The molecule has 0 spiro atoms. The number of thiophene rings is 1. The lowest BCUT2D eigenvalue weighted by Crippen LogP contribution is -2.08. The Kier molecular flexibility index (Phi) is 7.11. The van der Waals surface area contributed by atoms with Gasteiger partial charge in [0.15, 0.2) is 0 Å². The van der Waals surface area contributed by atoms with Crippen molar-refractivity contribution in [1.29, 1.82) is 0 Å². The number of benzene rings is 1. The highest BCUT2D eigenvalue weighted by Gasteiger charge is 2.20. The molecule has 3 aromatic rings. The van der Waals surface area contributed by atoms with Crippen molar-refractivity contribution in [3.63, 3.8) is 0 Å². The summed E-state index contributed by atoms with van der Waals surface area (Å²) < 4.78 is 7.61. The van der Waals surface area contributed by atoms with Gasteiger partial charge in [0.05, 0.1) is 29.5 Å². The van der Waals surface area contributed by atoms with E-state index in [0.717, 1.165) is 58.1 Å². The second-order valence-electron chi connectivity index (χ2n) is 7.22. The first kappa shape index (κ1) is 21.8. The fraction of sp³-hybridized carbons (Fsp3) is 0.333. The van der Waals surface area contributed by atoms with Crippen LogP contribution in [0.1, 0.15) is 48.5 Å². The summed E-state index contributed by atoms with van der Waals surface area (Å²) in [6, 6.07) is 8.19. The van der Waals surface area contributed by atoms with Crippen molar-refractivity contribution in [3.8, 4) is 17.0 Å². The number of ether oxygens (including phenoxy) is 1. The number of nitrogens with zero attached hydrogens (tertiary/aromatic N) is 2. The lowest BCUT2D eigenvalue weighted by Gasteiger charge is -2.14. The minimum absolute atomic E-state index is 0.322. The zero-order chi connectivity index (χ0) is 21.7. The van der Waals surface area contributed by atoms with E-state index in [1.54, 1.807) is 20.1 Å². The SMILES string of the molecule is CC=C(C(=O)O)c1sccc1-c1cnc(CCCC)n1Cc1ccc(OC)c(C)c1. The molecule has 0 amide bonds. The number of aliphatic carboxylic acids is 1. The van der Waals surface area contributed by atoms with Crippen LogP contribution in [0, 0.1) is 6.92 Å². The maximum atomic E-state index is 11.7. The molecular weight excluding hydrogens is 396 g/mol. The van der Waals surface area contributed by atoms with Crippen molar-refractivity contribution >= 4 is 22.9 Å². The van der Waals surface area contributed by atoms with Crippen molar-refractivity contribution in [2.24, 2.45) is 0 Å². The molecule has 2 aromatic heterocycles. The van der Waals surface area contributed by atoms with Crippen LogP contribution in [0.2, 0.25) is 0 Å². The topological polar surface area (TPSA) is 64.3 Å². The summed E-state index contributed by atoms with van der Waals surface area (Å²) in [4.78, 5) is 17.2. The number of carboxylic acids is 1. The first-order chi connectivity index (χ1) is 14.5. The standard InChI is InChI=1S/C24H28N2O3S/c1-5-7-8-22-25-14-20(19-11-12-30-23(19)18(6-2)24(27)28)26(22)15-17-9-10-21(29-4)16(3)13-17/h6,9-14H,5,7-8,15H2,1-4H3,(H,27,28). The van der Waals surface area contributed by atoms with Gasteiger partial charge in [0.2, 0.25) is 0 Å². The van der Waals surface area contributed by atoms with Gasteiger partial charge in [-0.1, -0.05) is 31.6 Å². The molecule has 0 unspecified atom stereocenters. The van der Waals surface area contributed by atoms with Gasteiger partial charge in [-0.3, -0.25) is 0 Å². The Labute approximate surface area is 181 Å². The van der Waals surface area contributed by atoms with E-state index in [2.05, 4.69) is 23.6 Å². The van der Waals surface area contributed by atoms with E-state index in [1.807, 2.05) is 30.6 Å². The largest absolute Gasteiger partial charge is 0.496 e. The fourth-order valence-corrected chi connectivity index (χ4v) is 4.60. The average Bonchev–Trinajstić information content (AvgIpc) is 3.34. The molecule has 0 aliphatic heterocycles. The zero-order valence-corrected chi connectivity index (χ0v) is 18.8. The van der Waals surface area contributed by atoms with Crippen LogP contribution < -0.4 is 4.74 Å². The molecule has 1 N–H and O–H groups in total. The number of aromatic nitrogens is 2. The molecule has 158 valence electrons. The van der Waals surface area contributed by atoms with E-state index in [1.165, 1.54) is 11.3 Å². The zero-order valence-electron chi connectivity index (χ0n) is 17.9. The van der Waals surface area contributed by atoms with Crippen molar-refractivity contribution in [3.05, 3.63) is 63.7 Å². The van der Waals surface area contributed by atoms with E-state index < -0.39 is 5.97 Å². The number of rotatable bonds is 9. The summed E-state index contributed by atoms with van der Waals surface area (Å²) >= 11 is 1.45. The molecule has 0 saturated heterocycles. The minimum Gasteiger partial charge on any atom is -0.496 e. The molecule has 6 heteroatoms. The smallest absolute Gasteiger partial charge is 0.336 e. The summed E-state index contributed by atoms with van der Waals surface area (Å²) in [6.07, 6.45) is 6.57. The van der Waals surface area contributed by atoms with Gasteiger partial charge >= 0.3 is 5.97 Å². The van der Waals surface area contributed by atoms with Crippen LogP contribution in [-0.4, -0.2) is 27.7 Å². The maximum absolute atomic E-state index is 11.7. The van der Waals surface area contributed by atoms with E-state index in [-0.39, 0.29) is 0 Å². The van der Waals surface area contributed by atoms with Crippen LogP contribution >= 0.6 is 11.3 Å². The summed E-state index contributed by atoms with van der Waals surface area (Å²) in [5.74, 6) is 0.981. The third-order valence-electron chi connectivity index (χ3n) is 5.20. The number of imidazole rings is 1. The number of methoxy groups -OCH3 is 1. The van der Waals surface area contributed by atoms with Crippen LogP contribution in [0.25, 0.3) is 16.8 Å². The number of allylic oxidation sites excluding steroid dienone is 1. The highest BCUT2D eigenvalue weighted by Crippen LogP contribution is 2.35. The first-order valence-electron chi connectivity index (χ1n) is 10.2. The molecule has 1 aromatic carbocycles. The third kappa shape index (κ3) is 4.49. The van der Waals surface area contributed by atoms with Crippen LogP contribution in [0.5, 0.6) is 5.75 Å². The van der Waals surface area contributed by atoms with Crippen LogP contribution in [-0.2, 0) is 17.8 Å². The van der Waals surface area contributed by atoms with Crippen molar-refractivity contribution < 1.29 is 14.6 Å². The molecule has 0 fully saturated rings. The molecule has 30 heavy (non-hydrogen) atoms. The Balaban J connectivity index is 2.07. The summed E-state index contributed by atoms with van der Waals surface area (Å²) in [6.45, 7) is 6.64. The molecule has 0 aliphatic carbocycles. The van der Waals surface area contributed by atoms with E-state index >= 15 is 0 Å². The lowest BCUT2D eigenvalue weighted by atomic mass is 10.1. The van der Waals surface area contributed by atoms with Gasteiger partial charge in [-0.15, -0.1) is 11.3 Å². The van der Waals surface area contributed by atoms with Gasteiger partial charge < -0.3 is 14.4 Å². The van der Waals surface area contributed by atoms with Crippen LogP contribution in [0.4, 0.5) is 0 Å². The van der Waals surface area contributed by atoms with Crippen molar-refractivity contribution in [1.82, 2.24) is 9.55 Å². The minimum atomic E-state index is -0.913. The van der Waals surface area contributed by atoms with E-state index in [0.29, 0.717) is 12.1 Å². The number of unbranched alkanes of at least 4 members (excludes halogenated alkanes) is 1. The van der Waals surface area contributed by atoms with Gasteiger partial charge in [-0.25, -0.2) is 9.78 Å².